The number of aromatic hydroxyl groups is 1. The molecule has 7 unspecified atom stereocenters. The first-order chi connectivity index (χ1) is 28.4. The molecule has 0 bridgehead atoms. The summed E-state index contributed by atoms with van der Waals surface area (Å²) in [6.07, 6.45) is -4.89. The molecule has 1 aliphatic rings. The Morgan fingerprint density at radius 2 is 1.79 bits per heavy atom. The Kier molecular flexibility index (Phi) is 17.1. The minimum Gasteiger partial charge on any atom is -0.790 e. The lowest BCUT2D eigenvalue weighted by molar-refractivity contribution is -0.347. The van der Waals surface area contributed by atoms with Gasteiger partial charge in [-0.2, -0.15) is 0 Å². The molecule has 338 valence electrons. The normalized spacial score (nSPS) is 20.9. The van der Waals surface area contributed by atoms with E-state index in [1.165, 1.54) is 45.2 Å². The smallest absolute Gasteiger partial charge is 0.274 e. The topological polar surface area (TPSA) is 404 Å². The van der Waals surface area contributed by atoms with Crippen LogP contribution in [-0.2, 0) is 50.7 Å². The second-order valence-corrected chi connectivity index (χ2v) is 18.6. The number of phosphoric ester groups is 3. The number of carbonyl (C=O) groups is 3. The van der Waals surface area contributed by atoms with Gasteiger partial charge in [-0.15, -0.1) is 0 Å². The van der Waals surface area contributed by atoms with Crippen LogP contribution in [0.4, 0.5) is 5.82 Å². The maximum absolute atomic E-state index is 12.6. The van der Waals surface area contributed by atoms with E-state index in [1.807, 2.05) is 0 Å². The second-order valence-electron chi connectivity index (χ2n) is 13.4. The van der Waals surface area contributed by atoms with Gasteiger partial charge in [0.25, 0.3) is 15.6 Å². The van der Waals surface area contributed by atoms with E-state index in [1.54, 1.807) is 6.07 Å². The first kappa shape index (κ1) is 49.8. The number of aliphatic hydroxyl groups excluding tert-OH is 2. The number of aliphatic hydroxyl groups is 2. The van der Waals surface area contributed by atoms with E-state index < -0.39 is 84.6 Å². The highest BCUT2D eigenvalue weighted by Crippen LogP contribution is 2.56. The average Bonchev–Trinajstić information content (AvgIpc) is 3.74. The van der Waals surface area contributed by atoms with Crippen LogP contribution < -0.4 is 40.7 Å². The van der Waals surface area contributed by atoms with E-state index in [-0.39, 0.29) is 58.9 Å². The van der Waals surface area contributed by atoms with Gasteiger partial charge in [0.2, 0.25) is 16.9 Å². The number of phenols is 1. The van der Waals surface area contributed by atoms with Gasteiger partial charge in [0.1, 0.15) is 36.3 Å². The van der Waals surface area contributed by atoms with E-state index >= 15 is 0 Å². The quantitative estimate of drug-likeness (QED) is 0.0346. The summed E-state index contributed by atoms with van der Waals surface area (Å²) in [5.41, 5.74) is 4.64. The van der Waals surface area contributed by atoms with Crippen molar-refractivity contribution in [2.45, 2.75) is 50.9 Å². The maximum atomic E-state index is 12.6. The monoisotopic (exact) mass is 939 g/mol. The average molecular weight is 940 g/mol. The van der Waals surface area contributed by atoms with E-state index in [0.29, 0.717) is 5.56 Å². The number of carbonyl (C=O) groups excluding carboxylic acids is 3. The van der Waals surface area contributed by atoms with Crippen LogP contribution in [0.3, 0.4) is 0 Å². The van der Waals surface area contributed by atoms with Crippen LogP contribution in [0.1, 0.15) is 32.1 Å². The van der Waals surface area contributed by atoms with Crippen molar-refractivity contribution in [3.05, 3.63) is 42.5 Å². The van der Waals surface area contributed by atoms with Crippen LogP contribution in [0.15, 0.2) is 36.9 Å². The van der Waals surface area contributed by atoms with E-state index in [2.05, 4.69) is 43.5 Å². The molecule has 61 heavy (non-hydrogen) atoms. The SMILES string of the molecule is COc1cc(/C=C/C(=O)SCCNC(=O)CCNC(=O)C(O)C(C)(C)COP(=O)([O-])OP(=O)([O-])OCC2OC(n3cnc4c(N)ncnc43)C(O)C2OP(=O)([O-])[O-])ccc1O. The van der Waals surface area contributed by atoms with Gasteiger partial charge in [0.05, 0.1) is 34.5 Å². The molecule has 4 rings (SSSR count). The number of methoxy groups -OCH3 is 1. The van der Waals surface area contributed by atoms with Crippen molar-refractivity contribution >= 4 is 75.2 Å². The van der Waals surface area contributed by atoms with Crippen molar-refractivity contribution in [1.82, 2.24) is 30.2 Å². The highest BCUT2D eigenvalue weighted by Gasteiger charge is 2.47. The number of nitrogen functional groups attached to an aromatic ring is 1. The van der Waals surface area contributed by atoms with Gasteiger partial charge in [-0.25, -0.2) is 19.3 Å². The minimum atomic E-state index is -5.93. The van der Waals surface area contributed by atoms with Crippen molar-refractivity contribution < 1.29 is 90.3 Å². The van der Waals surface area contributed by atoms with Crippen molar-refractivity contribution in [2.24, 2.45) is 5.41 Å². The zero-order valence-electron chi connectivity index (χ0n) is 32.2. The molecule has 3 heterocycles. The molecule has 1 saturated heterocycles. The number of hydrogen-bond acceptors (Lipinski definition) is 24. The predicted molar refractivity (Wildman–Crippen MR) is 202 cm³/mol. The molecule has 0 saturated carbocycles. The Bertz CT molecular complexity index is 2230. The maximum Gasteiger partial charge on any atom is 0.274 e. The van der Waals surface area contributed by atoms with Crippen LogP contribution in [-0.4, -0.2) is 115 Å². The van der Waals surface area contributed by atoms with E-state index in [9.17, 15) is 63.0 Å². The summed E-state index contributed by atoms with van der Waals surface area (Å²) >= 11 is 0.923. The number of aromatic nitrogens is 4. The van der Waals surface area contributed by atoms with E-state index in [0.717, 1.165) is 29.0 Å². The van der Waals surface area contributed by atoms with Crippen LogP contribution >= 0.6 is 35.2 Å². The van der Waals surface area contributed by atoms with Gasteiger partial charge in [0.15, 0.2) is 29.2 Å². The number of nitrogens with zero attached hydrogens (tertiary/aromatic N) is 4. The summed E-state index contributed by atoms with van der Waals surface area (Å²) in [6.45, 7) is -0.100. The minimum absolute atomic E-state index is 0.0295. The number of nitrogens with two attached hydrogens (primary N) is 1. The molecule has 1 fully saturated rings. The number of thioether (sulfide) groups is 1. The summed E-state index contributed by atoms with van der Waals surface area (Å²) in [5.74, 6) is -1.24. The van der Waals surface area contributed by atoms with Gasteiger partial charge >= 0.3 is 0 Å². The predicted octanol–water partition coefficient (Wildman–Crippen LogP) is -2.44. The first-order valence-electron chi connectivity index (χ1n) is 17.5. The fourth-order valence-corrected chi connectivity index (χ4v) is 8.57. The third-order valence-electron chi connectivity index (χ3n) is 8.34. The molecular formula is C31H40N7O19P3S-4. The fraction of sp³-hybridized carbons (Fsp3) is 0.484. The number of phosphoric acid groups is 3. The van der Waals surface area contributed by atoms with Crippen molar-refractivity contribution in [1.29, 1.82) is 0 Å². The Morgan fingerprint density at radius 3 is 2.48 bits per heavy atom. The number of hydrogen-bond donors (Lipinski definition) is 6. The Labute approximate surface area is 350 Å². The Balaban J connectivity index is 1.20. The molecule has 30 heteroatoms. The number of amides is 2. The first-order valence-corrected chi connectivity index (χ1v) is 22.8. The molecule has 1 aromatic carbocycles. The van der Waals surface area contributed by atoms with Gasteiger partial charge < -0.3 is 78.9 Å². The molecule has 7 atom stereocenters. The molecule has 0 spiro atoms. The van der Waals surface area contributed by atoms with Gasteiger partial charge in [-0.3, -0.25) is 28.1 Å². The third kappa shape index (κ3) is 14.6. The lowest BCUT2D eigenvalue weighted by atomic mass is 9.87. The lowest BCUT2D eigenvalue weighted by Crippen LogP contribution is -2.46. The summed E-state index contributed by atoms with van der Waals surface area (Å²) < 4.78 is 65.6. The molecule has 26 nitrogen and oxygen atoms in total. The lowest BCUT2D eigenvalue weighted by Gasteiger charge is -2.36. The number of anilines is 1. The third-order valence-corrected chi connectivity index (χ3v) is 12.2. The standard InChI is InChI=1S/C31H44N7O19P3S/c1-31(2,26(43)29(44)34-9-8-21(40)33-10-11-61-22(41)7-5-17-4-6-18(39)19(12-17)52-3)14-54-60(50,51)57-59(48,49)53-13-20-25(56-58(45,46)47)24(42)30(55-20)38-16-37-23-27(32)35-15-36-28(23)38/h4-7,12,15-16,20,24-26,30,39,42-43H,8-11,13-14H2,1-3H3,(H,33,40)(H,34,44)(H,48,49)(H,50,51)(H2,32,35,36)(H2,45,46,47)/p-4/b7-5+. The molecule has 0 aliphatic carbocycles. The van der Waals surface area contributed by atoms with Crippen LogP contribution in [0.2, 0.25) is 0 Å². The number of fused-ring (bicyclic) bond motifs is 1. The van der Waals surface area contributed by atoms with Gasteiger partial charge in [-0.05, 0) is 23.8 Å². The summed E-state index contributed by atoms with van der Waals surface area (Å²) in [4.78, 5) is 96.4. The number of ether oxygens (including phenoxy) is 2. The highest BCUT2D eigenvalue weighted by atomic mass is 32.2. The Hall–Kier alpha value is -3.88. The van der Waals surface area contributed by atoms with E-state index in [4.69, 9.17) is 15.2 Å². The number of imidazole rings is 1. The number of rotatable bonds is 22. The summed E-state index contributed by atoms with van der Waals surface area (Å²) in [7, 11) is -16.3. The second kappa shape index (κ2) is 21.0. The number of nitrogens with one attached hydrogen (secondary N) is 2. The summed E-state index contributed by atoms with van der Waals surface area (Å²) in [5, 5.41) is 35.6. The molecule has 2 amide bonds. The van der Waals surface area contributed by atoms with Crippen LogP contribution in [0, 0.1) is 5.41 Å². The number of phenolic OH excluding ortho intramolecular Hbond substituents is 1. The van der Waals surface area contributed by atoms with Crippen molar-refractivity contribution in [3.8, 4) is 11.5 Å². The molecule has 3 aromatic rings. The van der Waals surface area contributed by atoms with Gasteiger partial charge in [-0.1, -0.05) is 37.8 Å². The number of benzene rings is 1. The Morgan fingerprint density at radius 1 is 1.08 bits per heavy atom. The molecular weight excluding hydrogens is 899 g/mol. The zero-order valence-corrected chi connectivity index (χ0v) is 35.7. The zero-order chi connectivity index (χ0) is 45.3. The van der Waals surface area contributed by atoms with Crippen molar-refractivity contribution in [3.63, 3.8) is 0 Å². The molecule has 1 aliphatic heterocycles. The molecule has 7 N–H and O–H groups in total. The van der Waals surface area contributed by atoms with Crippen LogP contribution in [0.5, 0.6) is 11.5 Å². The summed E-state index contributed by atoms with van der Waals surface area (Å²) in [6, 6.07) is 4.53. The molecule has 0 radical (unpaired) electrons. The van der Waals surface area contributed by atoms with Gasteiger partial charge in [0, 0.05) is 30.7 Å². The largest absolute Gasteiger partial charge is 0.790 e. The fourth-order valence-electron chi connectivity index (χ4n) is 5.27. The highest BCUT2D eigenvalue weighted by molar-refractivity contribution is 8.14. The van der Waals surface area contributed by atoms with Crippen LogP contribution in [0.25, 0.3) is 17.2 Å². The van der Waals surface area contributed by atoms with Crippen molar-refractivity contribution in [2.75, 3.05) is 44.9 Å². The molecule has 2 aromatic heterocycles.